The van der Waals surface area contributed by atoms with Crippen molar-refractivity contribution in [3.8, 4) is 0 Å². The molecule has 0 aromatic carbocycles. The first-order valence-electron chi connectivity index (χ1n) is 12.9. The van der Waals surface area contributed by atoms with Gasteiger partial charge in [0.2, 0.25) is 0 Å². The number of likely N-dealkylation sites (tertiary alicyclic amines) is 1. The van der Waals surface area contributed by atoms with Crippen LogP contribution in [0.25, 0.3) is 0 Å². The van der Waals surface area contributed by atoms with E-state index >= 15 is 0 Å². The third-order valence-electron chi connectivity index (χ3n) is 9.50. The highest BCUT2D eigenvalue weighted by molar-refractivity contribution is 5.84. The number of nitrogens with zero attached hydrogens (tertiary/aromatic N) is 1. The van der Waals surface area contributed by atoms with E-state index in [-0.39, 0.29) is 17.4 Å². The summed E-state index contributed by atoms with van der Waals surface area (Å²) in [5.74, 6) is 2.95. The number of hydrogen-bond acceptors (Lipinski definition) is 4. The van der Waals surface area contributed by atoms with Gasteiger partial charge in [0.25, 0.3) is 0 Å². The van der Waals surface area contributed by atoms with Crippen molar-refractivity contribution in [1.29, 1.82) is 0 Å². The van der Waals surface area contributed by atoms with Crippen molar-refractivity contribution in [1.82, 2.24) is 4.90 Å². The van der Waals surface area contributed by atoms with E-state index < -0.39 is 5.60 Å². The quantitative estimate of drug-likeness (QED) is 0.662. The molecule has 1 saturated heterocycles. The lowest BCUT2D eigenvalue weighted by molar-refractivity contribution is -0.128. The van der Waals surface area contributed by atoms with Gasteiger partial charge in [-0.05, 0) is 94.4 Å². The van der Waals surface area contributed by atoms with Gasteiger partial charge >= 0.3 is 0 Å². The number of ketones is 1. The van der Waals surface area contributed by atoms with Crippen molar-refractivity contribution in [2.24, 2.45) is 29.1 Å². The fourth-order valence-electron chi connectivity index (χ4n) is 7.79. The number of hydrogen-bond donors (Lipinski definition) is 2. The number of rotatable bonds is 6. The first-order valence-corrected chi connectivity index (χ1v) is 12.9. The zero-order valence-corrected chi connectivity index (χ0v) is 19.5. The average molecular weight is 420 g/mol. The third kappa shape index (κ3) is 5.13. The Morgan fingerprint density at radius 2 is 1.87 bits per heavy atom. The summed E-state index contributed by atoms with van der Waals surface area (Å²) in [7, 11) is 0. The van der Waals surface area contributed by atoms with E-state index in [1.807, 2.05) is 6.92 Å². The Kier molecular flexibility index (Phi) is 6.97. The molecule has 1 heterocycles. The van der Waals surface area contributed by atoms with Crippen LogP contribution in [-0.4, -0.2) is 52.2 Å². The lowest BCUT2D eigenvalue weighted by Gasteiger charge is -2.47. The SMILES string of the molecule is CC1(O)CCC2C(CCC3(C)CCCC3C(=O)CN3CCCC(O)C3)CCCC2C1. The summed E-state index contributed by atoms with van der Waals surface area (Å²) in [6, 6.07) is 0. The highest BCUT2D eigenvalue weighted by Crippen LogP contribution is 2.52. The lowest BCUT2D eigenvalue weighted by Crippen LogP contribution is -2.44. The molecule has 0 bridgehead atoms. The lowest BCUT2D eigenvalue weighted by atomic mass is 9.60. The molecule has 0 spiro atoms. The molecule has 3 saturated carbocycles. The van der Waals surface area contributed by atoms with Gasteiger partial charge < -0.3 is 10.2 Å². The molecule has 7 atom stereocenters. The minimum absolute atomic E-state index is 0.165. The van der Waals surface area contributed by atoms with Gasteiger partial charge in [0.1, 0.15) is 5.78 Å². The molecule has 0 radical (unpaired) electrons. The standard InChI is InChI=1S/C26H45NO3/c1-25(12-4-9-23(25)24(29)18-27-15-5-8-21(28)17-27)13-10-19-6-3-7-20-16-26(2,30)14-11-22(19)20/h19-23,28,30H,3-18H2,1-2H3. The van der Waals surface area contributed by atoms with Crippen LogP contribution in [0.4, 0.5) is 0 Å². The number of fused-ring (bicyclic) bond motifs is 1. The van der Waals surface area contributed by atoms with Crippen molar-refractivity contribution in [3.63, 3.8) is 0 Å². The van der Waals surface area contributed by atoms with Gasteiger partial charge in [0.15, 0.2) is 0 Å². The van der Waals surface area contributed by atoms with Crippen molar-refractivity contribution < 1.29 is 15.0 Å². The molecule has 0 aromatic heterocycles. The molecular weight excluding hydrogens is 374 g/mol. The Morgan fingerprint density at radius 1 is 1.03 bits per heavy atom. The Bertz CT molecular complexity index is 605. The average Bonchev–Trinajstić information content (AvgIpc) is 3.07. The summed E-state index contributed by atoms with van der Waals surface area (Å²) >= 11 is 0. The molecule has 172 valence electrons. The first-order chi connectivity index (χ1) is 14.3. The maximum atomic E-state index is 13.2. The molecule has 30 heavy (non-hydrogen) atoms. The van der Waals surface area contributed by atoms with Crippen LogP contribution in [-0.2, 0) is 4.79 Å². The first kappa shape index (κ1) is 22.7. The van der Waals surface area contributed by atoms with Crippen molar-refractivity contribution in [2.45, 2.75) is 109 Å². The molecular formula is C26H45NO3. The van der Waals surface area contributed by atoms with Crippen LogP contribution < -0.4 is 0 Å². The fraction of sp³-hybridized carbons (Fsp3) is 0.962. The van der Waals surface area contributed by atoms with E-state index in [4.69, 9.17) is 0 Å². The molecule has 7 unspecified atom stereocenters. The Morgan fingerprint density at radius 3 is 2.67 bits per heavy atom. The molecule has 4 nitrogen and oxygen atoms in total. The minimum Gasteiger partial charge on any atom is -0.392 e. The molecule has 3 aliphatic carbocycles. The fourth-order valence-corrected chi connectivity index (χ4v) is 7.79. The van der Waals surface area contributed by atoms with Crippen LogP contribution in [0, 0.1) is 29.1 Å². The van der Waals surface area contributed by atoms with Crippen molar-refractivity contribution in [2.75, 3.05) is 19.6 Å². The number of carbonyl (C=O) groups is 1. The second-order valence-corrected chi connectivity index (χ2v) is 12.0. The number of carbonyl (C=O) groups excluding carboxylic acids is 1. The van der Waals surface area contributed by atoms with Gasteiger partial charge in [-0.25, -0.2) is 0 Å². The Hall–Kier alpha value is -0.450. The van der Waals surface area contributed by atoms with Gasteiger partial charge in [-0.1, -0.05) is 32.6 Å². The van der Waals surface area contributed by atoms with Crippen molar-refractivity contribution in [3.05, 3.63) is 0 Å². The zero-order chi connectivity index (χ0) is 21.4. The molecule has 2 N–H and O–H groups in total. The Labute approximate surface area is 183 Å². The van der Waals surface area contributed by atoms with E-state index in [1.54, 1.807) is 0 Å². The van der Waals surface area contributed by atoms with E-state index in [0.717, 1.165) is 50.5 Å². The van der Waals surface area contributed by atoms with Gasteiger partial charge in [0, 0.05) is 12.5 Å². The molecule has 4 rings (SSSR count). The number of Topliss-reactive ketones (excluding diaryl/α,β-unsaturated/α-hetero) is 1. The molecule has 4 aliphatic rings. The van der Waals surface area contributed by atoms with Crippen molar-refractivity contribution >= 4 is 5.78 Å². The second kappa shape index (κ2) is 9.19. The molecule has 4 fully saturated rings. The van der Waals surface area contributed by atoms with E-state index in [0.29, 0.717) is 24.8 Å². The predicted molar refractivity (Wildman–Crippen MR) is 120 cm³/mol. The summed E-state index contributed by atoms with van der Waals surface area (Å²) in [6.07, 6.45) is 14.7. The highest BCUT2D eigenvalue weighted by atomic mass is 16.3. The predicted octanol–water partition coefficient (Wildman–Crippen LogP) is 4.57. The monoisotopic (exact) mass is 419 g/mol. The van der Waals surface area contributed by atoms with Gasteiger partial charge in [-0.2, -0.15) is 0 Å². The highest BCUT2D eigenvalue weighted by Gasteiger charge is 2.45. The third-order valence-corrected chi connectivity index (χ3v) is 9.50. The van der Waals surface area contributed by atoms with E-state index in [2.05, 4.69) is 11.8 Å². The van der Waals surface area contributed by atoms with Gasteiger partial charge in [-0.15, -0.1) is 0 Å². The summed E-state index contributed by atoms with van der Waals surface area (Å²) in [5.41, 5.74) is -0.279. The number of aliphatic hydroxyl groups excluding tert-OH is 1. The van der Waals surface area contributed by atoms with Crippen LogP contribution in [0.1, 0.15) is 97.3 Å². The minimum atomic E-state index is -0.444. The zero-order valence-electron chi connectivity index (χ0n) is 19.5. The van der Waals surface area contributed by atoms with Crippen LogP contribution >= 0.6 is 0 Å². The van der Waals surface area contributed by atoms with Crippen LogP contribution in [0.15, 0.2) is 0 Å². The normalized spacial score (nSPS) is 45.3. The topological polar surface area (TPSA) is 60.8 Å². The second-order valence-electron chi connectivity index (χ2n) is 12.0. The molecule has 4 heteroatoms. The molecule has 1 aliphatic heterocycles. The van der Waals surface area contributed by atoms with E-state index in [9.17, 15) is 15.0 Å². The summed E-state index contributed by atoms with van der Waals surface area (Å²) < 4.78 is 0. The van der Waals surface area contributed by atoms with Gasteiger partial charge in [-0.3, -0.25) is 9.69 Å². The largest absolute Gasteiger partial charge is 0.392 e. The van der Waals surface area contributed by atoms with E-state index in [1.165, 1.54) is 51.4 Å². The van der Waals surface area contributed by atoms with Gasteiger partial charge in [0.05, 0.1) is 18.2 Å². The Balaban J connectivity index is 1.33. The number of aliphatic hydroxyl groups is 2. The number of β-amino-alcohol motifs (C(OH)–C–C–N with tert-alkyl or cyclic N) is 1. The molecule has 0 amide bonds. The van der Waals surface area contributed by atoms with Crippen LogP contribution in [0.3, 0.4) is 0 Å². The van der Waals surface area contributed by atoms with Crippen LogP contribution in [0.5, 0.6) is 0 Å². The summed E-state index contributed by atoms with van der Waals surface area (Å²) in [6.45, 7) is 6.59. The maximum absolute atomic E-state index is 13.2. The maximum Gasteiger partial charge on any atom is 0.150 e. The van der Waals surface area contributed by atoms with Crippen LogP contribution in [0.2, 0.25) is 0 Å². The summed E-state index contributed by atoms with van der Waals surface area (Å²) in [4.78, 5) is 15.4. The smallest absolute Gasteiger partial charge is 0.150 e. The number of piperidine rings is 1. The summed E-state index contributed by atoms with van der Waals surface area (Å²) in [5, 5.41) is 20.5. The molecule has 0 aromatic rings.